The van der Waals surface area contributed by atoms with Gasteiger partial charge in [-0.25, -0.2) is 8.78 Å². The van der Waals surface area contributed by atoms with Crippen LogP contribution in [0.3, 0.4) is 0 Å². The average Bonchev–Trinajstić information content (AvgIpc) is 2.63. The average molecular weight is 361 g/mol. The van der Waals surface area contributed by atoms with Crippen molar-refractivity contribution >= 4 is 17.5 Å². The third-order valence-electron chi connectivity index (χ3n) is 3.74. The maximum atomic E-state index is 13.6. The van der Waals surface area contributed by atoms with Gasteiger partial charge < -0.3 is 10.6 Å². The molecule has 0 saturated carbocycles. The van der Waals surface area contributed by atoms with E-state index >= 15 is 0 Å². The van der Waals surface area contributed by atoms with Crippen LogP contribution in [0.25, 0.3) is 0 Å². The van der Waals surface area contributed by atoms with Crippen molar-refractivity contribution in [2.24, 2.45) is 0 Å². The third kappa shape index (κ3) is 5.93. The van der Waals surface area contributed by atoms with E-state index in [0.29, 0.717) is 13.1 Å². The van der Waals surface area contributed by atoms with Gasteiger partial charge in [0.05, 0.1) is 13.1 Å². The number of carbonyl (C=O) groups excluding carboxylic acids is 2. The monoisotopic (exact) mass is 361 g/mol. The van der Waals surface area contributed by atoms with Crippen LogP contribution in [0.4, 0.5) is 14.5 Å². The summed E-state index contributed by atoms with van der Waals surface area (Å²) >= 11 is 0. The van der Waals surface area contributed by atoms with Crippen molar-refractivity contribution in [3.63, 3.8) is 0 Å². The number of para-hydroxylation sites is 1. The Kier molecular flexibility index (Phi) is 7.23. The first kappa shape index (κ1) is 19.5. The van der Waals surface area contributed by atoms with Crippen LogP contribution in [0, 0.1) is 11.6 Å². The van der Waals surface area contributed by atoms with Crippen LogP contribution in [0.15, 0.2) is 48.5 Å². The summed E-state index contributed by atoms with van der Waals surface area (Å²) in [6.45, 7) is 2.48. The molecule has 0 atom stereocenters. The summed E-state index contributed by atoms with van der Waals surface area (Å²) in [5.74, 6) is -2.52. The molecule has 0 aliphatic rings. The molecular formula is C19H21F2N3O2. The van der Waals surface area contributed by atoms with E-state index in [-0.39, 0.29) is 19.0 Å². The highest BCUT2D eigenvalue weighted by Gasteiger charge is 2.16. The maximum absolute atomic E-state index is 13.6. The number of anilines is 1. The highest BCUT2D eigenvalue weighted by atomic mass is 19.1. The molecule has 2 rings (SSSR count). The second-order valence-corrected chi connectivity index (χ2v) is 5.71. The molecule has 0 aliphatic heterocycles. The van der Waals surface area contributed by atoms with E-state index in [1.54, 1.807) is 11.8 Å². The van der Waals surface area contributed by atoms with Crippen LogP contribution in [0.5, 0.6) is 0 Å². The molecule has 2 amide bonds. The van der Waals surface area contributed by atoms with Gasteiger partial charge in [0, 0.05) is 6.54 Å². The van der Waals surface area contributed by atoms with Gasteiger partial charge in [0.25, 0.3) is 0 Å². The first-order valence-corrected chi connectivity index (χ1v) is 8.26. The molecule has 2 N–H and O–H groups in total. The molecule has 0 spiro atoms. The summed E-state index contributed by atoms with van der Waals surface area (Å²) in [6.07, 6.45) is 0. The van der Waals surface area contributed by atoms with Crippen LogP contribution in [-0.2, 0) is 16.1 Å². The van der Waals surface area contributed by atoms with Crippen molar-refractivity contribution in [1.29, 1.82) is 0 Å². The van der Waals surface area contributed by atoms with Crippen molar-refractivity contribution in [3.05, 3.63) is 65.7 Å². The van der Waals surface area contributed by atoms with E-state index in [4.69, 9.17) is 0 Å². The van der Waals surface area contributed by atoms with Crippen LogP contribution in [-0.4, -0.2) is 36.3 Å². The normalized spacial score (nSPS) is 10.6. The molecule has 0 radical (unpaired) electrons. The molecule has 138 valence electrons. The number of halogens is 2. The van der Waals surface area contributed by atoms with Gasteiger partial charge in [0.1, 0.15) is 17.3 Å². The quantitative estimate of drug-likeness (QED) is 0.760. The number of carbonyl (C=O) groups is 2. The van der Waals surface area contributed by atoms with E-state index in [1.165, 1.54) is 6.07 Å². The number of likely N-dealkylation sites (N-methyl/N-ethyl adjacent to an activating group) is 1. The lowest BCUT2D eigenvalue weighted by atomic mass is 10.2. The molecule has 0 aliphatic carbocycles. The Morgan fingerprint density at radius 1 is 0.923 bits per heavy atom. The summed E-state index contributed by atoms with van der Waals surface area (Å²) < 4.78 is 27.1. The molecule has 0 heterocycles. The summed E-state index contributed by atoms with van der Waals surface area (Å²) in [6, 6.07) is 12.8. The Morgan fingerprint density at radius 2 is 1.54 bits per heavy atom. The number of hydrogen-bond donors (Lipinski definition) is 2. The number of hydrogen-bond acceptors (Lipinski definition) is 3. The Morgan fingerprint density at radius 3 is 2.15 bits per heavy atom. The van der Waals surface area contributed by atoms with Gasteiger partial charge in [-0.3, -0.25) is 14.5 Å². The molecule has 5 nitrogen and oxygen atoms in total. The van der Waals surface area contributed by atoms with Gasteiger partial charge >= 0.3 is 0 Å². The van der Waals surface area contributed by atoms with Crippen LogP contribution >= 0.6 is 0 Å². The minimum Gasteiger partial charge on any atom is -0.351 e. The molecule has 2 aromatic carbocycles. The van der Waals surface area contributed by atoms with Gasteiger partial charge in [-0.1, -0.05) is 43.3 Å². The van der Waals surface area contributed by atoms with Crippen molar-refractivity contribution < 1.29 is 18.4 Å². The maximum Gasteiger partial charge on any atom is 0.238 e. The molecule has 0 bridgehead atoms. The van der Waals surface area contributed by atoms with Crippen molar-refractivity contribution in [2.45, 2.75) is 13.5 Å². The fourth-order valence-corrected chi connectivity index (χ4v) is 2.33. The molecule has 0 fully saturated rings. The predicted octanol–water partition coefficient (Wildman–Crippen LogP) is 2.54. The highest BCUT2D eigenvalue weighted by molar-refractivity contribution is 5.92. The Balaban J connectivity index is 1.84. The van der Waals surface area contributed by atoms with Gasteiger partial charge in [0.2, 0.25) is 11.8 Å². The summed E-state index contributed by atoms with van der Waals surface area (Å²) in [7, 11) is 0. The number of amides is 2. The number of nitrogens with zero attached hydrogens (tertiary/aromatic N) is 1. The molecule has 0 saturated heterocycles. The van der Waals surface area contributed by atoms with Gasteiger partial charge in [-0.2, -0.15) is 0 Å². The lowest BCUT2D eigenvalue weighted by Gasteiger charge is -2.19. The molecular weight excluding hydrogens is 340 g/mol. The zero-order valence-electron chi connectivity index (χ0n) is 14.5. The van der Waals surface area contributed by atoms with Crippen molar-refractivity contribution in [1.82, 2.24) is 10.2 Å². The molecule has 0 unspecified atom stereocenters. The van der Waals surface area contributed by atoms with E-state index in [2.05, 4.69) is 10.6 Å². The third-order valence-corrected chi connectivity index (χ3v) is 3.74. The number of rotatable bonds is 8. The van der Waals surface area contributed by atoms with Gasteiger partial charge in [-0.15, -0.1) is 0 Å². The Bertz CT molecular complexity index is 733. The largest absolute Gasteiger partial charge is 0.351 e. The highest BCUT2D eigenvalue weighted by Crippen LogP contribution is 2.17. The van der Waals surface area contributed by atoms with E-state index < -0.39 is 23.2 Å². The van der Waals surface area contributed by atoms with Crippen LogP contribution in [0.1, 0.15) is 12.5 Å². The van der Waals surface area contributed by atoms with Crippen molar-refractivity contribution in [2.75, 3.05) is 25.0 Å². The fourth-order valence-electron chi connectivity index (χ4n) is 2.33. The zero-order valence-corrected chi connectivity index (χ0v) is 14.5. The minimum absolute atomic E-state index is 0.0104. The fraction of sp³-hybridized carbons (Fsp3) is 0.263. The standard InChI is InChI=1S/C19H21F2N3O2/c1-2-24(12-17(25)22-11-14-7-4-3-5-8-14)13-18(26)23-19-15(20)9-6-10-16(19)21/h3-10H,2,11-13H2,1H3,(H,22,25)(H,23,26). The lowest BCUT2D eigenvalue weighted by molar-refractivity contribution is -0.123. The second kappa shape index (κ2) is 9.62. The van der Waals surface area contributed by atoms with Gasteiger partial charge in [-0.05, 0) is 24.2 Å². The van der Waals surface area contributed by atoms with Crippen LogP contribution < -0.4 is 10.6 Å². The number of nitrogens with one attached hydrogen (secondary N) is 2. The molecule has 2 aromatic rings. The first-order chi connectivity index (χ1) is 12.5. The minimum atomic E-state index is -0.845. The van der Waals surface area contributed by atoms with E-state index in [0.717, 1.165) is 17.7 Å². The summed E-state index contributed by atoms with van der Waals surface area (Å²) in [5, 5.41) is 4.98. The van der Waals surface area contributed by atoms with Crippen molar-refractivity contribution in [3.8, 4) is 0 Å². The van der Waals surface area contributed by atoms with Gasteiger partial charge in [0.15, 0.2) is 0 Å². The lowest BCUT2D eigenvalue weighted by Crippen LogP contribution is -2.41. The number of benzene rings is 2. The summed E-state index contributed by atoms with van der Waals surface area (Å²) in [5.41, 5.74) is 0.485. The van der Waals surface area contributed by atoms with E-state index in [1.807, 2.05) is 30.3 Å². The zero-order chi connectivity index (χ0) is 18.9. The summed E-state index contributed by atoms with van der Waals surface area (Å²) in [4.78, 5) is 25.6. The SMILES string of the molecule is CCN(CC(=O)NCc1ccccc1)CC(=O)Nc1c(F)cccc1F. The topological polar surface area (TPSA) is 61.4 Å². The Labute approximate surface area is 151 Å². The second-order valence-electron chi connectivity index (χ2n) is 5.71. The first-order valence-electron chi connectivity index (χ1n) is 8.26. The predicted molar refractivity (Wildman–Crippen MR) is 95.4 cm³/mol. The smallest absolute Gasteiger partial charge is 0.238 e. The van der Waals surface area contributed by atoms with E-state index in [9.17, 15) is 18.4 Å². The Hall–Kier alpha value is -2.80. The van der Waals surface area contributed by atoms with Crippen LogP contribution in [0.2, 0.25) is 0 Å². The molecule has 26 heavy (non-hydrogen) atoms. The molecule has 7 heteroatoms. The molecule has 0 aromatic heterocycles.